The average Bonchev–Trinajstić information content (AvgIpc) is 3.30. The largest absolute Gasteiger partial charge is 0.476 e. The molecule has 0 radical (unpaired) electrons. The van der Waals surface area contributed by atoms with Crippen LogP contribution in [0.2, 0.25) is 0 Å². The van der Waals surface area contributed by atoms with Crippen LogP contribution < -0.4 is 10.1 Å². The molecule has 1 heterocycles. The molecule has 0 atom stereocenters. The molecule has 0 aliphatic heterocycles. The fourth-order valence-corrected chi connectivity index (χ4v) is 2.14. The zero-order valence-corrected chi connectivity index (χ0v) is 11.6. The Balaban J connectivity index is 1.37. The maximum absolute atomic E-state index is 5.67. The molecule has 1 aromatic heterocycles. The number of hydrogen-bond donors (Lipinski definition) is 1. The molecule has 19 heavy (non-hydrogen) atoms. The Labute approximate surface area is 115 Å². The first-order chi connectivity index (χ1) is 9.31. The minimum Gasteiger partial charge on any atom is -0.476 e. The van der Waals surface area contributed by atoms with Crippen molar-refractivity contribution in [1.82, 2.24) is 15.2 Å². The van der Waals surface area contributed by atoms with Crippen molar-refractivity contribution in [2.24, 2.45) is 0 Å². The van der Waals surface area contributed by atoms with E-state index in [0.29, 0.717) is 0 Å². The fraction of sp³-hybridized carbons (Fsp3) is 0.667. The molecule has 2 fully saturated rings. The van der Waals surface area contributed by atoms with E-state index in [1.807, 2.05) is 12.3 Å². The molecule has 1 N–H and O–H groups in total. The first-order valence-corrected chi connectivity index (χ1v) is 7.32. The summed E-state index contributed by atoms with van der Waals surface area (Å²) in [4.78, 5) is 6.72. The number of nitrogens with zero attached hydrogens (tertiary/aromatic N) is 2. The van der Waals surface area contributed by atoms with Gasteiger partial charge in [-0.1, -0.05) is 6.07 Å². The second-order valence-corrected chi connectivity index (χ2v) is 5.72. The summed E-state index contributed by atoms with van der Waals surface area (Å²) in [5, 5.41) is 3.48. The molecule has 0 unspecified atom stereocenters. The summed E-state index contributed by atoms with van der Waals surface area (Å²) in [7, 11) is 2.17. The number of hydrogen-bond acceptors (Lipinski definition) is 4. The molecule has 4 nitrogen and oxygen atoms in total. The van der Waals surface area contributed by atoms with Gasteiger partial charge in [0.2, 0.25) is 5.88 Å². The third-order valence-corrected chi connectivity index (χ3v) is 3.83. The van der Waals surface area contributed by atoms with Gasteiger partial charge in [-0.05, 0) is 38.3 Å². The van der Waals surface area contributed by atoms with E-state index in [1.165, 1.54) is 31.2 Å². The van der Waals surface area contributed by atoms with E-state index in [0.717, 1.165) is 37.7 Å². The van der Waals surface area contributed by atoms with Crippen LogP contribution in [0.4, 0.5) is 0 Å². The lowest BCUT2D eigenvalue weighted by molar-refractivity contribution is 0.226. The highest BCUT2D eigenvalue weighted by molar-refractivity contribution is 5.17. The van der Waals surface area contributed by atoms with Crippen LogP contribution in [0.25, 0.3) is 0 Å². The van der Waals surface area contributed by atoms with Crippen molar-refractivity contribution in [3.8, 4) is 5.88 Å². The number of ether oxygens (including phenoxy) is 1. The summed E-state index contributed by atoms with van der Waals surface area (Å²) < 4.78 is 5.67. The molecule has 1 aromatic rings. The summed E-state index contributed by atoms with van der Waals surface area (Å²) in [5.41, 5.74) is 1.23. The van der Waals surface area contributed by atoms with Crippen LogP contribution in [0.5, 0.6) is 5.88 Å². The van der Waals surface area contributed by atoms with E-state index in [9.17, 15) is 0 Å². The molecule has 104 valence electrons. The lowest BCUT2D eigenvalue weighted by Crippen LogP contribution is -2.26. The van der Waals surface area contributed by atoms with Gasteiger partial charge in [-0.2, -0.15) is 0 Å². The van der Waals surface area contributed by atoms with E-state index in [1.54, 1.807) is 0 Å². The first-order valence-electron chi connectivity index (χ1n) is 7.32. The van der Waals surface area contributed by atoms with Gasteiger partial charge in [0, 0.05) is 37.4 Å². The number of aromatic nitrogens is 1. The third-order valence-electron chi connectivity index (χ3n) is 3.83. The number of rotatable bonds is 8. The predicted octanol–water partition coefficient (Wildman–Crippen LogP) is 1.81. The summed E-state index contributed by atoms with van der Waals surface area (Å²) in [6.07, 6.45) is 7.25. The standard InChI is InChI=1S/C15H23N3O/c1-18(14-5-6-14)8-9-19-15-7-2-12(11-17-15)10-16-13-3-4-13/h2,7,11,13-14,16H,3-6,8-10H2,1H3. The predicted molar refractivity (Wildman–Crippen MR) is 75.2 cm³/mol. The highest BCUT2D eigenvalue weighted by atomic mass is 16.5. The summed E-state index contributed by atoms with van der Waals surface area (Å²) in [6.45, 7) is 2.62. The molecule has 2 saturated carbocycles. The molecular weight excluding hydrogens is 238 g/mol. The van der Waals surface area contributed by atoms with Crippen molar-refractivity contribution < 1.29 is 4.74 Å². The maximum Gasteiger partial charge on any atom is 0.213 e. The van der Waals surface area contributed by atoms with Gasteiger partial charge in [0.1, 0.15) is 6.61 Å². The normalized spacial score (nSPS) is 18.8. The molecular formula is C15H23N3O. The van der Waals surface area contributed by atoms with Crippen LogP contribution in [0.15, 0.2) is 18.3 Å². The second-order valence-electron chi connectivity index (χ2n) is 5.72. The van der Waals surface area contributed by atoms with Crippen molar-refractivity contribution >= 4 is 0 Å². The summed E-state index contributed by atoms with van der Waals surface area (Å²) in [6, 6.07) is 5.62. The summed E-state index contributed by atoms with van der Waals surface area (Å²) >= 11 is 0. The Morgan fingerprint density at radius 3 is 2.79 bits per heavy atom. The number of nitrogens with one attached hydrogen (secondary N) is 1. The van der Waals surface area contributed by atoms with Gasteiger partial charge in [-0.25, -0.2) is 4.98 Å². The maximum atomic E-state index is 5.67. The van der Waals surface area contributed by atoms with Crippen LogP contribution in [-0.4, -0.2) is 42.2 Å². The van der Waals surface area contributed by atoms with Gasteiger partial charge in [-0.3, -0.25) is 0 Å². The number of pyridine rings is 1. The topological polar surface area (TPSA) is 37.4 Å². The van der Waals surface area contributed by atoms with Crippen molar-refractivity contribution in [3.63, 3.8) is 0 Å². The SMILES string of the molecule is CN(CCOc1ccc(CNC2CC2)cn1)C1CC1. The highest BCUT2D eigenvalue weighted by Gasteiger charge is 2.25. The Morgan fingerprint density at radius 2 is 2.16 bits per heavy atom. The van der Waals surface area contributed by atoms with Crippen LogP contribution in [0.3, 0.4) is 0 Å². The molecule has 0 amide bonds. The average molecular weight is 261 g/mol. The van der Waals surface area contributed by atoms with Crippen LogP contribution in [0, 0.1) is 0 Å². The van der Waals surface area contributed by atoms with Gasteiger partial charge in [-0.15, -0.1) is 0 Å². The lowest BCUT2D eigenvalue weighted by atomic mass is 10.3. The molecule has 2 aliphatic rings. The molecule has 0 spiro atoms. The highest BCUT2D eigenvalue weighted by Crippen LogP contribution is 2.24. The van der Waals surface area contributed by atoms with Gasteiger partial charge in [0.15, 0.2) is 0 Å². The van der Waals surface area contributed by atoms with Crippen molar-refractivity contribution in [1.29, 1.82) is 0 Å². The van der Waals surface area contributed by atoms with Gasteiger partial charge >= 0.3 is 0 Å². The van der Waals surface area contributed by atoms with E-state index in [2.05, 4.69) is 28.3 Å². The van der Waals surface area contributed by atoms with E-state index in [4.69, 9.17) is 4.74 Å². The van der Waals surface area contributed by atoms with Gasteiger partial charge in [0.25, 0.3) is 0 Å². The monoisotopic (exact) mass is 261 g/mol. The van der Waals surface area contributed by atoms with Gasteiger partial charge in [0.05, 0.1) is 0 Å². The minimum absolute atomic E-state index is 0.722. The molecule has 4 heteroatoms. The van der Waals surface area contributed by atoms with Crippen molar-refractivity contribution in [2.45, 2.75) is 44.3 Å². The van der Waals surface area contributed by atoms with Crippen LogP contribution in [0.1, 0.15) is 31.2 Å². The van der Waals surface area contributed by atoms with Crippen molar-refractivity contribution in [2.75, 3.05) is 20.2 Å². The van der Waals surface area contributed by atoms with Crippen LogP contribution in [-0.2, 0) is 6.54 Å². The van der Waals surface area contributed by atoms with Crippen molar-refractivity contribution in [3.05, 3.63) is 23.9 Å². The third kappa shape index (κ3) is 4.18. The summed E-state index contributed by atoms with van der Waals surface area (Å²) in [5.74, 6) is 0.736. The molecule has 2 aliphatic carbocycles. The van der Waals surface area contributed by atoms with E-state index in [-0.39, 0.29) is 0 Å². The fourth-order valence-electron chi connectivity index (χ4n) is 2.14. The minimum atomic E-state index is 0.722. The zero-order valence-electron chi connectivity index (χ0n) is 11.6. The Bertz CT molecular complexity index is 398. The quantitative estimate of drug-likeness (QED) is 0.774. The van der Waals surface area contributed by atoms with E-state index < -0.39 is 0 Å². The van der Waals surface area contributed by atoms with E-state index >= 15 is 0 Å². The lowest BCUT2D eigenvalue weighted by Gasteiger charge is -2.15. The zero-order chi connectivity index (χ0) is 13.1. The second kappa shape index (κ2) is 5.88. The first kappa shape index (κ1) is 12.9. The smallest absolute Gasteiger partial charge is 0.213 e. The molecule has 0 aromatic carbocycles. The molecule has 0 saturated heterocycles. The Kier molecular flexibility index (Phi) is 3.99. The Morgan fingerprint density at radius 1 is 1.32 bits per heavy atom. The van der Waals surface area contributed by atoms with Gasteiger partial charge < -0.3 is 15.0 Å². The molecule has 3 rings (SSSR count). The van der Waals surface area contributed by atoms with Crippen LogP contribution >= 0.6 is 0 Å². The Hall–Kier alpha value is -1.13. The number of likely N-dealkylation sites (N-methyl/N-ethyl adjacent to an activating group) is 1. The molecule has 0 bridgehead atoms.